The van der Waals surface area contributed by atoms with Crippen LogP contribution in [0.2, 0.25) is 0 Å². The van der Waals surface area contributed by atoms with Crippen molar-refractivity contribution < 1.29 is 19.1 Å². The van der Waals surface area contributed by atoms with Gasteiger partial charge in [-0.05, 0) is 29.6 Å². The average molecular weight is 294 g/mol. The van der Waals surface area contributed by atoms with Gasteiger partial charge in [0.2, 0.25) is 0 Å². The van der Waals surface area contributed by atoms with Crippen LogP contribution < -0.4 is 10.6 Å². The zero-order valence-corrected chi connectivity index (χ0v) is 11.0. The van der Waals surface area contributed by atoms with E-state index in [0.717, 1.165) is 17.0 Å². The third-order valence-corrected chi connectivity index (χ3v) is 3.34. The Morgan fingerprint density at radius 3 is 2.70 bits per heavy atom. The quantitative estimate of drug-likeness (QED) is 0.811. The number of halogens is 1. The number of hydrogen-bond acceptors (Lipinski definition) is 3. The maximum absolute atomic E-state index is 13.4. The first-order valence-corrected chi connectivity index (χ1v) is 6.54. The van der Waals surface area contributed by atoms with Gasteiger partial charge >= 0.3 is 12.0 Å². The summed E-state index contributed by atoms with van der Waals surface area (Å²) in [6.07, 6.45) is 0. The van der Waals surface area contributed by atoms with Crippen molar-refractivity contribution in [3.8, 4) is 0 Å². The number of carboxylic acids is 1. The van der Waals surface area contributed by atoms with Gasteiger partial charge < -0.3 is 15.7 Å². The van der Waals surface area contributed by atoms with Crippen LogP contribution in [0.3, 0.4) is 0 Å². The first-order valence-electron chi connectivity index (χ1n) is 5.66. The third-order valence-electron chi connectivity index (χ3n) is 2.46. The van der Waals surface area contributed by atoms with Crippen LogP contribution in [0.15, 0.2) is 35.7 Å². The molecule has 3 N–H and O–H groups in total. The summed E-state index contributed by atoms with van der Waals surface area (Å²) >= 11 is 1.51. The maximum Gasteiger partial charge on any atom is 0.338 e. The fourth-order valence-electron chi connectivity index (χ4n) is 1.52. The number of anilines is 1. The fraction of sp³-hybridized carbons (Fsp3) is 0.0769. The first-order chi connectivity index (χ1) is 9.56. The number of carbonyl (C=O) groups excluding carboxylic acids is 1. The van der Waals surface area contributed by atoms with E-state index in [9.17, 15) is 14.0 Å². The summed E-state index contributed by atoms with van der Waals surface area (Å²) in [6.45, 7) is 0.374. The highest BCUT2D eigenvalue weighted by Gasteiger charge is 2.11. The molecule has 0 unspecified atom stereocenters. The van der Waals surface area contributed by atoms with E-state index in [0.29, 0.717) is 6.54 Å². The number of rotatable bonds is 4. The van der Waals surface area contributed by atoms with Crippen molar-refractivity contribution in [1.29, 1.82) is 0 Å². The number of nitrogens with one attached hydrogen (secondary N) is 2. The molecular formula is C13H11FN2O3S. The van der Waals surface area contributed by atoms with Crippen LogP contribution in [0.5, 0.6) is 0 Å². The van der Waals surface area contributed by atoms with Crippen LogP contribution in [0.1, 0.15) is 15.2 Å². The predicted octanol–water partition coefficient (Wildman–Crippen LogP) is 2.91. The molecule has 104 valence electrons. The molecule has 20 heavy (non-hydrogen) atoms. The molecule has 0 spiro atoms. The van der Waals surface area contributed by atoms with Crippen LogP contribution in [0.25, 0.3) is 0 Å². The second-order valence-corrected chi connectivity index (χ2v) is 4.92. The minimum absolute atomic E-state index is 0.191. The van der Waals surface area contributed by atoms with E-state index in [1.807, 2.05) is 17.5 Å². The number of carboxylic acid groups (broad SMARTS) is 1. The molecule has 0 bridgehead atoms. The van der Waals surface area contributed by atoms with E-state index < -0.39 is 23.4 Å². The maximum atomic E-state index is 13.4. The SMILES string of the molecule is O=C(NCc1cccs1)Nc1ccc(C(=O)O)c(F)c1. The molecule has 0 radical (unpaired) electrons. The Bertz CT molecular complexity index is 629. The van der Waals surface area contributed by atoms with E-state index in [1.54, 1.807) is 0 Å². The Morgan fingerprint density at radius 2 is 2.10 bits per heavy atom. The van der Waals surface area contributed by atoms with Gasteiger partial charge in [-0.3, -0.25) is 0 Å². The van der Waals surface area contributed by atoms with Gasteiger partial charge in [0.1, 0.15) is 5.82 Å². The van der Waals surface area contributed by atoms with Gasteiger partial charge in [-0.15, -0.1) is 11.3 Å². The number of benzene rings is 1. The van der Waals surface area contributed by atoms with Crippen LogP contribution in [0.4, 0.5) is 14.9 Å². The lowest BCUT2D eigenvalue weighted by molar-refractivity contribution is 0.0692. The summed E-state index contributed by atoms with van der Waals surface area (Å²) in [7, 11) is 0. The van der Waals surface area contributed by atoms with Gasteiger partial charge in [0.15, 0.2) is 0 Å². The Kier molecular flexibility index (Phi) is 4.31. The second-order valence-electron chi connectivity index (χ2n) is 3.89. The van der Waals surface area contributed by atoms with E-state index in [-0.39, 0.29) is 5.69 Å². The van der Waals surface area contributed by atoms with Gasteiger partial charge in [-0.1, -0.05) is 6.07 Å². The van der Waals surface area contributed by atoms with E-state index in [4.69, 9.17) is 5.11 Å². The number of amides is 2. The van der Waals surface area contributed by atoms with Crippen LogP contribution in [0, 0.1) is 5.82 Å². The molecule has 0 aliphatic rings. The molecule has 2 aromatic rings. The van der Waals surface area contributed by atoms with Crippen molar-refractivity contribution in [3.63, 3.8) is 0 Å². The number of hydrogen-bond donors (Lipinski definition) is 3. The zero-order chi connectivity index (χ0) is 14.5. The summed E-state index contributed by atoms with van der Waals surface area (Å²) in [6, 6.07) is 6.67. The number of urea groups is 1. The molecule has 2 rings (SSSR count). The normalized spacial score (nSPS) is 10.1. The molecule has 1 aromatic carbocycles. The molecule has 0 saturated carbocycles. The molecule has 7 heteroatoms. The smallest absolute Gasteiger partial charge is 0.338 e. The van der Waals surface area contributed by atoms with Crippen molar-refractivity contribution in [2.24, 2.45) is 0 Å². The standard InChI is InChI=1S/C13H11FN2O3S/c14-11-6-8(3-4-10(11)12(17)18)16-13(19)15-7-9-2-1-5-20-9/h1-6H,7H2,(H,17,18)(H2,15,16,19). The van der Waals surface area contributed by atoms with Crippen molar-refractivity contribution in [1.82, 2.24) is 5.32 Å². The van der Waals surface area contributed by atoms with Crippen LogP contribution in [-0.2, 0) is 6.54 Å². The Balaban J connectivity index is 1.94. The van der Waals surface area contributed by atoms with Crippen molar-refractivity contribution in [2.45, 2.75) is 6.54 Å². The molecular weight excluding hydrogens is 283 g/mol. The lowest BCUT2D eigenvalue weighted by Crippen LogP contribution is -2.27. The molecule has 5 nitrogen and oxygen atoms in total. The molecule has 0 saturated heterocycles. The van der Waals surface area contributed by atoms with E-state index >= 15 is 0 Å². The number of thiophene rings is 1. The largest absolute Gasteiger partial charge is 0.478 e. The van der Waals surface area contributed by atoms with E-state index in [2.05, 4.69) is 10.6 Å². The monoisotopic (exact) mass is 294 g/mol. The summed E-state index contributed by atoms with van der Waals surface area (Å²) in [5, 5.41) is 15.6. The zero-order valence-electron chi connectivity index (χ0n) is 10.2. The third kappa shape index (κ3) is 3.55. The Labute approximate surface area is 118 Å². The van der Waals surface area contributed by atoms with Crippen molar-refractivity contribution >= 4 is 29.0 Å². The number of carbonyl (C=O) groups is 2. The lowest BCUT2D eigenvalue weighted by Gasteiger charge is -2.07. The highest BCUT2D eigenvalue weighted by molar-refractivity contribution is 7.09. The van der Waals surface area contributed by atoms with Crippen molar-refractivity contribution in [2.75, 3.05) is 5.32 Å². The molecule has 0 atom stereocenters. The Morgan fingerprint density at radius 1 is 1.30 bits per heavy atom. The fourth-order valence-corrected chi connectivity index (χ4v) is 2.17. The Hall–Kier alpha value is -2.41. The molecule has 1 heterocycles. The van der Waals surface area contributed by atoms with E-state index in [1.165, 1.54) is 17.4 Å². The van der Waals surface area contributed by atoms with Gasteiger partial charge in [-0.25, -0.2) is 14.0 Å². The first kappa shape index (κ1) is 14.0. The van der Waals surface area contributed by atoms with Crippen molar-refractivity contribution in [3.05, 3.63) is 52.0 Å². The minimum atomic E-state index is -1.35. The predicted molar refractivity (Wildman–Crippen MR) is 73.5 cm³/mol. The summed E-state index contributed by atoms with van der Waals surface area (Å²) in [5.74, 6) is -2.25. The highest BCUT2D eigenvalue weighted by Crippen LogP contribution is 2.14. The second kappa shape index (κ2) is 6.16. The van der Waals surface area contributed by atoms with Crippen LogP contribution in [-0.4, -0.2) is 17.1 Å². The molecule has 0 aliphatic heterocycles. The van der Waals surface area contributed by atoms with Gasteiger partial charge in [-0.2, -0.15) is 0 Å². The van der Waals surface area contributed by atoms with Gasteiger partial charge in [0.05, 0.1) is 12.1 Å². The topological polar surface area (TPSA) is 78.4 Å². The summed E-state index contributed by atoms with van der Waals surface area (Å²) < 4.78 is 13.4. The van der Waals surface area contributed by atoms with Gasteiger partial charge in [0, 0.05) is 10.6 Å². The molecule has 0 fully saturated rings. The molecule has 2 amide bonds. The van der Waals surface area contributed by atoms with Crippen LogP contribution >= 0.6 is 11.3 Å². The summed E-state index contributed by atoms with van der Waals surface area (Å²) in [4.78, 5) is 23.2. The number of aromatic carboxylic acids is 1. The minimum Gasteiger partial charge on any atom is -0.478 e. The van der Waals surface area contributed by atoms with Gasteiger partial charge in [0.25, 0.3) is 0 Å². The average Bonchev–Trinajstić information content (AvgIpc) is 2.89. The molecule has 0 aliphatic carbocycles. The summed E-state index contributed by atoms with van der Waals surface area (Å²) in [5.41, 5.74) is -0.245. The highest BCUT2D eigenvalue weighted by atomic mass is 32.1. The molecule has 1 aromatic heterocycles. The lowest BCUT2D eigenvalue weighted by atomic mass is 10.2.